The Labute approximate surface area is 186 Å². The third-order valence-electron chi connectivity index (χ3n) is 5.64. The lowest BCUT2D eigenvalue weighted by Crippen LogP contribution is -2.50. The van der Waals surface area contributed by atoms with Crippen molar-refractivity contribution in [3.8, 4) is 0 Å². The highest BCUT2D eigenvalue weighted by Crippen LogP contribution is 2.26. The standard InChI is InChI=1S/C22H26FN3O5S/c1-15-19(23)13-16(14-20(15)26(28)29)21(27)24-9-11-25(12-10-24)32(30,31)18-7-5-17(6-8-18)22(2,3)4/h5-8,13-14H,9-12H2,1-4H3. The van der Waals surface area contributed by atoms with Crippen molar-refractivity contribution in [3.63, 3.8) is 0 Å². The Bertz CT molecular complexity index is 1150. The van der Waals surface area contributed by atoms with Crippen LogP contribution in [0.1, 0.15) is 42.3 Å². The number of halogens is 1. The molecule has 10 heteroatoms. The first-order chi connectivity index (χ1) is 14.8. The Kier molecular flexibility index (Phi) is 6.39. The molecule has 1 amide bonds. The van der Waals surface area contributed by atoms with E-state index in [1.165, 1.54) is 16.1 Å². The van der Waals surface area contributed by atoms with E-state index < -0.39 is 32.4 Å². The van der Waals surface area contributed by atoms with Gasteiger partial charge in [-0.15, -0.1) is 0 Å². The Hall–Kier alpha value is -2.85. The second kappa shape index (κ2) is 8.59. The van der Waals surface area contributed by atoms with Gasteiger partial charge in [-0.3, -0.25) is 14.9 Å². The van der Waals surface area contributed by atoms with Gasteiger partial charge in [0.25, 0.3) is 11.6 Å². The molecule has 2 aromatic rings. The maximum Gasteiger partial charge on any atom is 0.276 e. The molecule has 172 valence electrons. The quantitative estimate of drug-likeness (QED) is 0.510. The number of rotatable bonds is 4. The number of nitro groups is 1. The fourth-order valence-electron chi connectivity index (χ4n) is 3.57. The van der Waals surface area contributed by atoms with Crippen LogP contribution in [0.3, 0.4) is 0 Å². The van der Waals surface area contributed by atoms with E-state index in [1.807, 2.05) is 20.8 Å². The van der Waals surface area contributed by atoms with Crippen LogP contribution in [-0.4, -0.2) is 54.6 Å². The largest absolute Gasteiger partial charge is 0.336 e. The van der Waals surface area contributed by atoms with Crippen LogP contribution in [0.25, 0.3) is 0 Å². The molecule has 1 fully saturated rings. The fourth-order valence-corrected chi connectivity index (χ4v) is 4.99. The number of benzene rings is 2. The average Bonchev–Trinajstić information content (AvgIpc) is 2.74. The van der Waals surface area contributed by atoms with E-state index in [-0.39, 0.29) is 47.6 Å². The van der Waals surface area contributed by atoms with Gasteiger partial charge in [0.1, 0.15) is 5.82 Å². The van der Waals surface area contributed by atoms with Crippen molar-refractivity contribution in [2.24, 2.45) is 0 Å². The van der Waals surface area contributed by atoms with Gasteiger partial charge in [-0.1, -0.05) is 32.9 Å². The minimum absolute atomic E-state index is 0.0749. The molecule has 0 unspecified atom stereocenters. The van der Waals surface area contributed by atoms with Gasteiger partial charge in [0.2, 0.25) is 10.0 Å². The van der Waals surface area contributed by atoms with Crippen molar-refractivity contribution in [2.75, 3.05) is 26.2 Å². The molecule has 0 aromatic heterocycles. The first-order valence-electron chi connectivity index (χ1n) is 10.2. The number of hydrogen-bond donors (Lipinski definition) is 0. The van der Waals surface area contributed by atoms with Crippen molar-refractivity contribution < 1.29 is 22.5 Å². The predicted octanol–water partition coefficient (Wildman–Crippen LogP) is 3.49. The lowest BCUT2D eigenvalue weighted by Gasteiger charge is -2.34. The number of carbonyl (C=O) groups is 1. The molecular weight excluding hydrogens is 437 g/mol. The number of piperazine rings is 1. The molecule has 1 aliphatic heterocycles. The van der Waals surface area contributed by atoms with Crippen LogP contribution in [0.5, 0.6) is 0 Å². The number of nitro benzene ring substituents is 1. The Morgan fingerprint density at radius 3 is 2.12 bits per heavy atom. The number of sulfonamides is 1. The first kappa shape index (κ1) is 23.8. The zero-order valence-electron chi connectivity index (χ0n) is 18.5. The molecule has 3 rings (SSSR count). The molecule has 1 saturated heterocycles. The third kappa shape index (κ3) is 4.66. The van der Waals surface area contributed by atoms with Gasteiger partial charge < -0.3 is 4.90 Å². The van der Waals surface area contributed by atoms with Crippen LogP contribution in [0.2, 0.25) is 0 Å². The van der Waals surface area contributed by atoms with E-state index in [4.69, 9.17) is 0 Å². The second-order valence-electron chi connectivity index (χ2n) is 8.83. The zero-order valence-corrected chi connectivity index (χ0v) is 19.3. The molecule has 0 spiro atoms. The number of hydrogen-bond acceptors (Lipinski definition) is 5. The van der Waals surface area contributed by atoms with Crippen LogP contribution in [0.15, 0.2) is 41.3 Å². The van der Waals surface area contributed by atoms with Gasteiger partial charge in [-0.25, -0.2) is 12.8 Å². The molecule has 0 saturated carbocycles. The van der Waals surface area contributed by atoms with Gasteiger partial charge in [-0.2, -0.15) is 4.31 Å². The summed E-state index contributed by atoms with van der Waals surface area (Å²) in [6, 6.07) is 8.80. The molecule has 1 heterocycles. The molecule has 0 atom stereocenters. The normalized spacial score (nSPS) is 15.6. The van der Waals surface area contributed by atoms with Crippen molar-refractivity contribution >= 4 is 21.6 Å². The molecule has 8 nitrogen and oxygen atoms in total. The van der Waals surface area contributed by atoms with Crippen molar-refractivity contribution in [3.05, 3.63) is 69.0 Å². The van der Waals surface area contributed by atoms with Crippen LogP contribution in [0, 0.1) is 22.9 Å². The summed E-state index contributed by atoms with van der Waals surface area (Å²) in [4.78, 5) is 24.7. The number of amides is 1. The van der Waals surface area contributed by atoms with E-state index >= 15 is 0 Å². The van der Waals surface area contributed by atoms with E-state index in [0.29, 0.717) is 0 Å². The summed E-state index contributed by atoms with van der Waals surface area (Å²) in [5.41, 5.74) is 0.187. The lowest BCUT2D eigenvalue weighted by molar-refractivity contribution is -0.385. The Morgan fingerprint density at radius 2 is 1.62 bits per heavy atom. The number of nitrogens with zero attached hydrogens (tertiary/aromatic N) is 3. The molecule has 0 N–H and O–H groups in total. The summed E-state index contributed by atoms with van der Waals surface area (Å²) < 4.78 is 41.4. The zero-order chi connectivity index (χ0) is 23.8. The van der Waals surface area contributed by atoms with Gasteiger partial charge >= 0.3 is 0 Å². The van der Waals surface area contributed by atoms with Crippen LogP contribution >= 0.6 is 0 Å². The smallest absolute Gasteiger partial charge is 0.276 e. The van der Waals surface area contributed by atoms with Crippen molar-refractivity contribution in [1.29, 1.82) is 0 Å². The fraction of sp³-hybridized carbons (Fsp3) is 0.409. The van der Waals surface area contributed by atoms with Crippen LogP contribution in [0.4, 0.5) is 10.1 Å². The minimum Gasteiger partial charge on any atom is -0.336 e. The molecule has 0 aliphatic carbocycles. The maximum absolute atomic E-state index is 14.1. The second-order valence-corrected chi connectivity index (χ2v) is 10.8. The molecular formula is C22H26FN3O5S. The Morgan fingerprint density at radius 1 is 1.06 bits per heavy atom. The van der Waals surface area contributed by atoms with Crippen molar-refractivity contribution in [1.82, 2.24) is 9.21 Å². The average molecular weight is 464 g/mol. The summed E-state index contributed by atoms with van der Waals surface area (Å²) in [5, 5.41) is 11.1. The SMILES string of the molecule is Cc1c(F)cc(C(=O)N2CCN(S(=O)(=O)c3ccc(C(C)(C)C)cc3)CC2)cc1[N+](=O)[O-]. The summed E-state index contributed by atoms with van der Waals surface area (Å²) in [6.45, 7) is 7.75. The van der Waals surface area contributed by atoms with E-state index in [0.717, 1.165) is 17.7 Å². The molecule has 0 radical (unpaired) electrons. The van der Waals surface area contributed by atoms with E-state index in [9.17, 15) is 27.7 Å². The van der Waals surface area contributed by atoms with Crippen molar-refractivity contribution in [2.45, 2.75) is 38.0 Å². The van der Waals surface area contributed by atoms with E-state index in [2.05, 4.69) is 0 Å². The molecule has 2 aromatic carbocycles. The molecule has 1 aliphatic rings. The van der Waals surface area contributed by atoms with Crippen LogP contribution in [-0.2, 0) is 15.4 Å². The summed E-state index contributed by atoms with van der Waals surface area (Å²) in [6.07, 6.45) is 0. The summed E-state index contributed by atoms with van der Waals surface area (Å²) in [5.74, 6) is -1.40. The summed E-state index contributed by atoms with van der Waals surface area (Å²) >= 11 is 0. The van der Waals surface area contributed by atoms with Crippen LogP contribution < -0.4 is 0 Å². The molecule has 0 bridgehead atoms. The van der Waals surface area contributed by atoms with Gasteiger partial charge in [0.05, 0.1) is 15.4 Å². The highest BCUT2D eigenvalue weighted by atomic mass is 32.2. The highest BCUT2D eigenvalue weighted by Gasteiger charge is 2.31. The van der Waals surface area contributed by atoms with Gasteiger partial charge in [0.15, 0.2) is 0 Å². The first-order valence-corrected chi connectivity index (χ1v) is 11.6. The lowest BCUT2D eigenvalue weighted by atomic mass is 9.87. The van der Waals surface area contributed by atoms with Gasteiger partial charge in [0, 0.05) is 37.8 Å². The Balaban J connectivity index is 1.73. The molecule has 32 heavy (non-hydrogen) atoms. The third-order valence-corrected chi connectivity index (χ3v) is 7.56. The van der Waals surface area contributed by atoms with E-state index in [1.54, 1.807) is 24.3 Å². The maximum atomic E-state index is 14.1. The minimum atomic E-state index is -3.72. The van der Waals surface area contributed by atoms with Gasteiger partial charge in [-0.05, 0) is 36.1 Å². The topological polar surface area (TPSA) is 101 Å². The monoisotopic (exact) mass is 463 g/mol. The highest BCUT2D eigenvalue weighted by molar-refractivity contribution is 7.89. The predicted molar refractivity (Wildman–Crippen MR) is 118 cm³/mol. The summed E-state index contributed by atoms with van der Waals surface area (Å²) in [7, 11) is -3.72. The number of carbonyl (C=O) groups excluding carboxylic acids is 1.